The van der Waals surface area contributed by atoms with Gasteiger partial charge in [-0.05, 0) is 39.9 Å². The molecule has 0 aromatic heterocycles. The SMILES string of the molecule is CN(C)CCCN(C)C(=O)N1CCC(C(=O)O)CC1. The number of carbonyl (C=O) groups excluding carboxylic acids is 1. The van der Waals surface area contributed by atoms with Crippen molar-refractivity contribution in [1.82, 2.24) is 14.7 Å². The number of hydrogen-bond donors (Lipinski definition) is 1. The van der Waals surface area contributed by atoms with Crippen molar-refractivity contribution in [2.75, 3.05) is 47.3 Å². The molecule has 19 heavy (non-hydrogen) atoms. The van der Waals surface area contributed by atoms with Crippen LogP contribution in [0.4, 0.5) is 4.79 Å². The molecule has 0 atom stereocenters. The number of likely N-dealkylation sites (tertiary alicyclic amines) is 1. The largest absolute Gasteiger partial charge is 0.481 e. The maximum atomic E-state index is 12.1. The lowest BCUT2D eigenvalue weighted by atomic mass is 9.97. The van der Waals surface area contributed by atoms with Gasteiger partial charge in [-0.2, -0.15) is 0 Å². The second-order valence-corrected chi connectivity index (χ2v) is 5.46. The highest BCUT2D eigenvalue weighted by Crippen LogP contribution is 2.18. The van der Waals surface area contributed by atoms with Crippen LogP contribution < -0.4 is 0 Å². The first kappa shape index (κ1) is 15.8. The summed E-state index contributed by atoms with van der Waals surface area (Å²) in [7, 11) is 5.83. The molecule has 1 saturated heterocycles. The number of carbonyl (C=O) groups is 2. The van der Waals surface area contributed by atoms with E-state index in [0.717, 1.165) is 19.5 Å². The Balaban J connectivity index is 2.31. The van der Waals surface area contributed by atoms with Crippen molar-refractivity contribution in [3.8, 4) is 0 Å². The van der Waals surface area contributed by atoms with E-state index < -0.39 is 5.97 Å². The summed E-state index contributed by atoms with van der Waals surface area (Å²) < 4.78 is 0. The summed E-state index contributed by atoms with van der Waals surface area (Å²) >= 11 is 0. The average Bonchev–Trinajstić information content (AvgIpc) is 2.37. The second-order valence-electron chi connectivity index (χ2n) is 5.46. The number of hydrogen-bond acceptors (Lipinski definition) is 3. The van der Waals surface area contributed by atoms with Gasteiger partial charge in [0.15, 0.2) is 0 Å². The standard InChI is InChI=1S/C13H25N3O3/c1-14(2)7-4-8-15(3)13(19)16-9-5-11(6-10-16)12(17)18/h11H,4-10H2,1-3H3,(H,17,18). The molecule has 0 aliphatic carbocycles. The van der Waals surface area contributed by atoms with E-state index >= 15 is 0 Å². The molecule has 0 aromatic carbocycles. The summed E-state index contributed by atoms with van der Waals surface area (Å²) in [5.74, 6) is -1.03. The molecule has 1 aliphatic rings. The number of piperidine rings is 1. The molecule has 0 radical (unpaired) electrons. The molecule has 6 heteroatoms. The number of rotatable bonds is 5. The third kappa shape index (κ3) is 5.06. The summed E-state index contributed by atoms with van der Waals surface area (Å²) in [5, 5.41) is 8.92. The van der Waals surface area contributed by atoms with E-state index in [4.69, 9.17) is 5.11 Å². The van der Waals surface area contributed by atoms with Crippen LogP contribution in [0.15, 0.2) is 0 Å². The first-order valence-corrected chi connectivity index (χ1v) is 6.79. The van der Waals surface area contributed by atoms with Crippen LogP contribution in [-0.2, 0) is 4.79 Å². The van der Waals surface area contributed by atoms with E-state index in [0.29, 0.717) is 25.9 Å². The van der Waals surface area contributed by atoms with E-state index in [1.54, 1.807) is 16.8 Å². The molecule has 110 valence electrons. The fourth-order valence-electron chi connectivity index (χ4n) is 2.28. The molecule has 0 spiro atoms. The number of nitrogens with zero attached hydrogens (tertiary/aromatic N) is 3. The highest BCUT2D eigenvalue weighted by Gasteiger charge is 2.28. The Bertz CT molecular complexity index is 312. The zero-order valence-electron chi connectivity index (χ0n) is 12.1. The Morgan fingerprint density at radius 2 is 1.74 bits per heavy atom. The van der Waals surface area contributed by atoms with E-state index in [1.165, 1.54) is 0 Å². The Kier molecular flexibility index (Phi) is 6.08. The minimum absolute atomic E-state index is 0.0163. The van der Waals surface area contributed by atoms with Gasteiger partial charge in [0.25, 0.3) is 0 Å². The maximum Gasteiger partial charge on any atom is 0.319 e. The molecule has 6 nitrogen and oxygen atoms in total. The molecule has 1 fully saturated rings. The first-order chi connectivity index (χ1) is 8.91. The van der Waals surface area contributed by atoms with Gasteiger partial charge in [-0.3, -0.25) is 4.79 Å². The summed E-state index contributed by atoms with van der Waals surface area (Å²) in [4.78, 5) is 28.6. The van der Waals surface area contributed by atoms with Crippen LogP contribution in [-0.4, -0.2) is 79.1 Å². The molecule has 1 aliphatic heterocycles. The molecule has 1 rings (SSSR count). The van der Waals surface area contributed by atoms with Crippen LogP contribution in [0.2, 0.25) is 0 Å². The Morgan fingerprint density at radius 3 is 2.21 bits per heavy atom. The first-order valence-electron chi connectivity index (χ1n) is 6.79. The van der Waals surface area contributed by atoms with Crippen LogP contribution in [0, 0.1) is 5.92 Å². The summed E-state index contributed by atoms with van der Waals surface area (Å²) in [6, 6.07) is 0.0163. The highest BCUT2D eigenvalue weighted by molar-refractivity contribution is 5.75. The number of carboxylic acid groups (broad SMARTS) is 1. The van der Waals surface area contributed by atoms with Gasteiger partial charge in [-0.25, -0.2) is 4.79 Å². The van der Waals surface area contributed by atoms with E-state index in [1.807, 2.05) is 14.1 Å². The fourth-order valence-corrected chi connectivity index (χ4v) is 2.28. The normalized spacial score (nSPS) is 16.7. The molecule has 0 unspecified atom stereocenters. The summed E-state index contributed by atoms with van der Waals surface area (Å²) in [6.07, 6.45) is 2.07. The molecule has 0 bridgehead atoms. The van der Waals surface area contributed by atoms with E-state index in [9.17, 15) is 9.59 Å². The topological polar surface area (TPSA) is 64.1 Å². The number of carboxylic acids is 1. The van der Waals surface area contributed by atoms with Crippen molar-refractivity contribution in [3.05, 3.63) is 0 Å². The molecule has 2 amide bonds. The minimum Gasteiger partial charge on any atom is -0.481 e. The lowest BCUT2D eigenvalue weighted by Gasteiger charge is -2.33. The molecule has 1 heterocycles. The minimum atomic E-state index is -0.744. The van der Waals surface area contributed by atoms with Gasteiger partial charge in [0.05, 0.1) is 5.92 Å². The smallest absolute Gasteiger partial charge is 0.319 e. The lowest BCUT2D eigenvalue weighted by Crippen LogP contribution is -2.46. The summed E-state index contributed by atoms with van der Waals surface area (Å²) in [6.45, 7) is 2.79. The third-order valence-corrected chi connectivity index (χ3v) is 3.54. The third-order valence-electron chi connectivity index (χ3n) is 3.54. The van der Waals surface area contributed by atoms with Crippen molar-refractivity contribution in [2.24, 2.45) is 5.92 Å². The summed E-state index contributed by atoms with van der Waals surface area (Å²) in [5.41, 5.74) is 0. The molecule has 1 N–H and O–H groups in total. The number of amides is 2. The van der Waals surface area contributed by atoms with Crippen molar-refractivity contribution < 1.29 is 14.7 Å². The van der Waals surface area contributed by atoms with Gasteiger partial charge in [0.1, 0.15) is 0 Å². The van der Waals surface area contributed by atoms with Gasteiger partial charge >= 0.3 is 12.0 Å². The van der Waals surface area contributed by atoms with Crippen LogP contribution in [0.1, 0.15) is 19.3 Å². The van der Waals surface area contributed by atoms with Gasteiger partial charge in [0, 0.05) is 26.7 Å². The van der Waals surface area contributed by atoms with Crippen molar-refractivity contribution in [3.63, 3.8) is 0 Å². The predicted molar refractivity (Wildman–Crippen MR) is 73.1 cm³/mol. The Hall–Kier alpha value is -1.30. The van der Waals surface area contributed by atoms with Crippen LogP contribution in [0.5, 0.6) is 0 Å². The molecular formula is C13H25N3O3. The van der Waals surface area contributed by atoms with Crippen molar-refractivity contribution in [2.45, 2.75) is 19.3 Å². The Morgan fingerprint density at radius 1 is 1.16 bits per heavy atom. The second kappa shape index (κ2) is 7.33. The molecular weight excluding hydrogens is 246 g/mol. The van der Waals surface area contributed by atoms with Gasteiger partial charge in [-0.1, -0.05) is 0 Å². The monoisotopic (exact) mass is 271 g/mol. The number of urea groups is 1. The quantitative estimate of drug-likeness (QED) is 0.803. The van der Waals surface area contributed by atoms with Crippen molar-refractivity contribution >= 4 is 12.0 Å². The average molecular weight is 271 g/mol. The number of aliphatic carboxylic acids is 1. The lowest BCUT2D eigenvalue weighted by molar-refractivity contribution is -0.143. The van der Waals surface area contributed by atoms with E-state index in [-0.39, 0.29) is 11.9 Å². The van der Waals surface area contributed by atoms with Gasteiger partial charge < -0.3 is 19.8 Å². The van der Waals surface area contributed by atoms with Crippen LogP contribution in [0.25, 0.3) is 0 Å². The van der Waals surface area contributed by atoms with E-state index in [2.05, 4.69) is 4.90 Å². The zero-order chi connectivity index (χ0) is 14.4. The van der Waals surface area contributed by atoms with Gasteiger partial charge in [0.2, 0.25) is 0 Å². The maximum absolute atomic E-state index is 12.1. The van der Waals surface area contributed by atoms with Crippen LogP contribution >= 0.6 is 0 Å². The van der Waals surface area contributed by atoms with Gasteiger partial charge in [-0.15, -0.1) is 0 Å². The zero-order valence-corrected chi connectivity index (χ0v) is 12.1. The molecule has 0 aromatic rings. The van der Waals surface area contributed by atoms with Crippen LogP contribution in [0.3, 0.4) is 0 Å². The van der Waals surface area contributed by atoms with Crippen molar-refractivity contribution in [1.29, 1.82) is 0 Å². The predicted octanol–water partition coefficient (Wildman–Crippen LogP) is 0.787. The Labute approximate surface area is 115 Å². The highest BCUT2D eigenvalue weighted by atomic mass is 16.4. The fraction of sp³-hybridized carbons (Fsp3) is 0.846. The molecule has 0 saturated carbocycles.